The van der Waals surface area contributed by atoms with Crippen LogP contribution in [0.15, 0.2) is 57.4 Å². The number of rotatable bonds is 3. The molecule has 1 atom stereocenters. The Morgan fingerprint density at radius 2 is 1.90 bits per heavy atom. The summed E-state index contributed by atoms with van der Waals surface area (Å²) in [5.41, 5.74) is 3.03. The first-order valence-electron chi connectivity index (χ1n) is 6.55. The molecule has 1 N–H and O–H groups in total. The lowest BCUT2D eigenvalue weighted by atomic mass is 10.1. The zero-order valence-corrected chi connectivity index (χ0v) is 12.7. The molecule has 3 aromatic rings. The van der Waals surface area contributed by atoms with Gasteiger partial charge >= 0.3 is 0 Å². The molecule has 1 heterocycles. The molecule has 3 rings (SSSR count). The molecule has 0 radical (unpaired) electrons. The molecule has 0 aliphatic rings. The van der Waals surface area contributed by atoms with Gasteiger partial charge in [0.2, 0.25) is 0 Å². The molecule has 102 valence electrons. The second kappa shape index (κ2) is 5.43. The topological polar surface area (TPSA) is 33.4 Å². The summed E-state index contributed by atoms with van der Waals surface area (Å²) < 4.78 is 6.83. The number of aryl methyl sites for hydroxylation is 1. The Hall–Kier alpha value is -1.58. The minimum Gasteiger partial charge on any atom is -0.458 e. The highest BCUT2D eigenvalue weighted by atomic mass is 79.9. The van der Waals surface area contributed by atoms with Crippen LogP contribution >= 0.6 is 15.9 Å². The summed E-state index contributed by atoms with van der Waals surface area (Å²) in [5.74, 6) is 0.622. The largest absolute Gasteiger partial charge is 0.458 e. The Kier molecular flexibility index (Phi) is 3.64. The van der Waals surface area contributed by atoms with Crippen LogP contribution in [0.4, 0.5) is 0 Å². The van der Waals surface area contributed by atoms with Gasteiger partial charge in [-0.1, -0.05) is 46.3 Å². The van der Waals surface area contributed by atoms with Gasteiger partial charge in [0.05, 0.1) is 0 Å². The molecule has 0 saturated carbocycles. The summed E-state index contributed by atoms with van der Waals surface area (Å²) in [6.45, 7) is 2.01. The van der Waals surface area contributed by atoms with Crippen molar-refractivity contribution in [2.75, 3.05) is 0 Å². The Morgan fingerprint density at radius 1 is 1.15 bits per heavy atom. The lowest BCUT2D eigenvalue weighted by Gasteiger charge is -2.07. The van der Waals surface area contributed by atoms with Gasteiger partial charge in [0.25, 0.3) is 0 Å². The van der Waals surface area contributed by atoms with Gasteiger partial charge in [-0.2, -0.15) is 0 Å². The monoisotopic (exact) mass is 330 g/mol. The molecule has 1 aromatic heterocycles. The second-order valence-electron chi connectivity index (χ2n) is 4.99. The fraction of sp³-hybridized carbons (Fsp3) is 0.176. The number of hydrogen-bond donors (Lipinski definition) is 1. The molecule has 3 heteroatoms. The lowest BCUT2D eigenvalue weighted by molar-refractivity contribution is 0.152. The molecule has 20 heavy (non-hydrogen) atoms. The number of aliphatic hydroxyl groups is 1. The van der Waals surface area contributed by atoms with E-state index in [0.717, 1.165) is 26.6 Å². The zero-order valence-electron chi connectivity index (χ0n) is 11.1. The number of hydrogen-bond acceptors (Lipinski definition) is 2. The number of furan rings is 1. The van der Waals surface area contributed by atoms with E-state index in [2.05, 4.69) is 15.9 Å². The van der Waals surface area contributed by atoms with E-state index in [-0.39, 0.29) is 0 Å². The van der Waals surface area contributed by atoms with Crippen LogP contribution in [0.25, 0.3) is 11.0 Å². The first-order valence-corrected chi connectivity index (χ1v) is 7.34. The summed E-state index contributed by atoms with van der Waals surface area (Å²) in [5, 5.41) is 11.4. The Balaban J connectivity index is 1.86. The number of para-hydroxylation sites is 1. The van der Waals surface area contributed by atoms with Crippen molar-refractivity contribution in [3.8, 4) is 0 Å². The van der Waals surface area contributed by atoms with Crippen LogP contribution in [0.3, 0.4) is 0 Å². The SMILES string of the molecule is Cc1cccc2cc(C(O)Cc3ccc(Br)cc3)oc12. The molecule has 0 aliphatic carbocycles. The van der Waals surface area contributed by atoms with E-state index in [9.17, 15) is 5.11 Å². The van der Waals surface area contributed by atoms with Gasteiger partial charge in [0.15, 0.2) is 0 Å². The minimum absolute atomic E-state index is 0.548. The fourth-order valence-electron chi connectivity index (χ4n) is 2.34. The van der Waals surface area contributed by atoms with E-state index in [0.29, 0.717) is 12.2 Å². The highest BCUT2D eigenvalue weighted by Gasteiger charge is 2.14. The van der Waals surface area contributed by atoms with E-state index in [4.69, 9.17) is 4.42 Å². The number of aliphatic hydroxyl groups excluding tert-OH is 1. The number of halogens is 1. The first-order chi connectivity index (χ1) is 9.63. The van der Waals surface area contributed by atoms with Crippen LogP contribution in [-0.2, 0) is 6.42 Å². The van der Waals surface area contributed by atoms with Gasteiger partial charge in [0.1, 0.15) is 17.4 Å². The summed E-state index contributed by atoms with van der Waals surface area (Å²) in [7, 11) is 0. The van der Waals surface area contributed by atoms with Crippen molar-refractivity contribution in [2.45, 2.75) is 19.4 Å². The van der Waals surface area contributed by atoms with Gasteiger partial charge in [-0.05, 0) is 36.2 Å². The van der Waals surface area contributed by atoms with E-state index >= 15 is 0 Å². The molecule has 2 aromatic carbocycles. The van der Waals surface area contributed by atoms with Gasteiger partial charge in [-0.3, -0.25) is 0 Å². The predicted molar refractivity (Wildman–Crippen MR) is 83.8 cm³/mol. The summed E-state index contributed by atoms with van der Waals surface area (Å²) in [4.78, 5) is 0. The number of benzene rings is 2. The molecule has 1 unspecified atom stereocenters. The maximum atomic E-state index is 10.3. The molecular formula is C17H15BrO2. The molecule has 0 aliphatic heterocycles. The van der Waals surface area contributed by atoms with Crippen molar-refractivity contribution in [3.05, 3.63) is 69.9 Å². The highest BCUT2D eigenvalue weighted by molar-refractivity contribution is 9.10. The average molecular weight is 331 g/mol. The van der Waals surface area contributed by atoms with Crippen LogP contribution in [0, 0.1) is 6.92 Å². The average Bonchev–Trinajstić information content (AvgIpc) is 2.87. The van der Waals surface area contributed by atoms with Crippen molar-refractivity contribution in [2.24, 2.45) is 0 Å². The van der Waals surface area contributed by atoms with Crippen LogP contribution in [0.2, 0.25) is 0 Å². The van der Waals surface area contributed by atoms with Crippen LogP contribution < -0.4 is 0 Å². The maximum Gasteiger partial charge on any atom is 0.137 e. The highest BCUT2D eigenvalue weighted by Crippen LogP contribution is 2.28. The van der Waals surface area contributed by atoms with Crippen molar-refractivity contribution in [1.82, 2.24) is 0 Å². The van der Waals surface area contributed by atoms with Crippen molar-refractivity contribution in [3.63, 3.8) is 0 Å². The van der Waals surface area contributed by atoms with Crippen molar-refractivity contribution >= 4 is 26.9 Å². The maximum absolute atomic E-state index is 10.3. The molecule has 0 amide bonds. The zero-order chi connectivity index (χ0) is 14.1. The van der Waals surface area contributed by atoms with Gasteiger partial charge < -0.3 is 9.52 Å². The Morgan fingerprint density at radius 3 is 2.60 bits per heavy atom. The summed E-state index contributed by atoms with van der Waals surface area (Å²) in [6.07, 6.45) is -0.0745. The third-order valence-corrected chi connectivity index (χ3v) is 3.96. The van der Waals surface area contributed by atoms with Gasteiger partial charge in [-0.15, -0.1) is 0 Å². The van der Waals surface area contributed by atoms with E-state index in [1.807, 2.05) is 55.5 Å². The Bertz CT molecular complexity index is 728. The van der Waals surface area contributed by atoms with Crippen molar-refractivity contribution < 1.29 is 9.52 Å². The van der Waals surface area contributed by atoms with Crippen LogP contribution in [-0.4, -0.2) is 5.11 Å². The summed E-state index contributed by atoms with van der Waals surface area (Å²) >= 11 is 3.41. The predicted octanol–water partition coefficient (Wildman–Crippen LogP) is 4.78. The van der Waals surface area contributed by atoms with E-state index in [1.54, 1.807) is 0 Å². The van der Waals surface area contributed by atoms with Gasteiger partial charge in [-0.25, -0.2) is 0 Å². The molecular weight excluding hydrogens is 316 g/mol. The third kappa shape index (κ3) is 2.65. The quantitative estimate of drug-likeness (QED) is 0.749. The van der Waals surface area contributed by atoms with Gasteiger partial charge in [0, 0.05) is 16.3 Å². The van der Waals surface area contributed by atoms with Crippen molar-refractivity contribution in [1.29, 1.82) is 0 Å². The first kappa shape index (κ1) is 13.4. The third-order valence-electron chi connectivity index (χ3n) is 3.43. The lowest BCUT2D eigenvalue weighted by Crippen LogP contribution is -2.00. The minimum atomic E-state index is -0.622. The standard InChI is InChI=1S/C17H15BrO2/c1-11-3-2-4-13-10-16(20-17(11)13)15(19)9-12-5-7-14(18)8-6-12/h2-8,10,15,19H,9H2,1H3. The van der Waals surface area contributed by atoms with Crippen LogP contribution in [0.5, 0.6) is 0 Å². The van der Waals surface area contributed by atoms with E-state index < -0.39 is 6.10 Å². The molecule has 0 saturated heterocycles. The smallest absolute Gasteiger partial charge is 0.137 e. The summed E-state index contributed by atoms with van der Waals surface area (Å²) in [6, 6.07) is 15.9. The molecule has 0 fully saturated rings. The number of fused-ring (bicyclic) bond motifs is 1. The molecule has 0 spiro atoms. The normalized spacial score (nSPS) is 12.8. The second-order valence-corrected chi connectivity index (χ2v) is 5.90. The van der Waals surface area contributed by atoms with E-state index in [1.165, 1.54) is 0 Å². The fourth-order valence-corrected chi connectivity index (χ4v) is 2.60. The Labute approximate surface area is 126 Å². The molecule has 2 nitrogen and oxygen atoms in total. The molecule has 0 bridgehead atoms. The van der Waals surface area contributed by atoms with Crippen LogP contribution in [0.1, 0.15) is 23.0 Å².